The van der Waals surface area contributed by atoms with Gasteiger partial charge in [-0.1, -0.05) is 0 Å². The quantitative estimate of drug-likeness (QED) is 0.604. The van der Waals surface area contributed by atoms with Crippen LogP contribution in [-0.2, 0) is 4.74 Å². The standard InChI is InChI=1S/C8H8N4O2/c1-5-7(8(13)14-2)11-10-6-3-4-9-12(5)6/h3-4H,1-2H3. The Balaban J connectivity index is 2.67. The molecule has 0 atom stereocenters. The molecule has 0 aliphatic carbocycles. The second kappa shape index (κ2) is 3.06. The van der Waals surface area contributed by atoms with E-state index in [-0.39, 0.29) is 5.69 Å². The summed E-state index contributed by atoms with van der Waals surface area (Å²) in [6, 6.07) is 1.71. The number of carbonyl (C=O) groups excluding carboxylic acids is 1. The second-order valence-electron chi connectivity index (χ2n) is 2.73. The third-order valence-corrected chi connectivity index (χ3v) is 1.91. The summed E-state index contributed by atoms with van der Waals surface area (Å²) in [7, 11) is 1.30. The maximum atomic E-state index is 11.2. The van der Waals surface area contributed by atoms with Gasteiger partial charge in [-0.15, -0.1) is 10.2 Å². The van der Waals surface area contributed by atoms with Gasteiger partial charge in [0.05, 0.1) is 19.0 Å². The van der Waals surface area contributed by atoms with Gasteiger partial charge in [0, 0.05) is 6.07 Å². The predicted molar refractivity (Wildman–Crippen MR) is 46.9 cm³/mol. The van der Waals surface area contributed by atoms with Crippen LogP contribution in [0.4, 0.5) is 0 Å². The molecule has 0 N–H and O–H groups in total. The highest BCUT2D eigenvalue weighted by molar-refractivity contribution is 5.88. The van der Waals surface area contributed by atoms with Crippen molar-refractivity contribution in [3.8, 4) is 0 Å². The molecular formula is C8H8N4O2. The van der Waals surface area contributed by atoms with Crippen molar-refractivity contribution in [1.82, 2.24) is 19.8 Å². The highest BCUT2D eigenvalue weighted by Gasteiger charge is 2.14. The van der Waals surface area contributed by atoms with Crippen LogP contribution in [0, 0.1) is 6.92 Å². The minimum Gasteiger partial charge on any atom is -0.464 e. The molecule has 72 valence electrons. The number of rotatable bonds is 1. The number of hydrogen-bond acceptors (Lipinski definition) is 5. The molecule has 0 fully saturated rings. The van der Waals surface area contributed by atoms with Gasteiger partial charge in [0.25, 0.3) is 0 Å². The molecular weight excluding hydrogens is 184 g/mol. The van der Waals surface area contributed by atoms with E-state index in [1.807, 2.05) is 0 Å². The Kier molecular flexibility index (Phi) is 1.88. The highest BCUT2D eigenvalue weighted by Crippen LogP contribution is 2.06. The normalized spacial score (nSPS) is 10.4. The summed E-state index contributed by atoms with van der Waals surface area (Å²) in [5, 5.41) is 11.6. The van der Waals surface area contributed by atoms with E-state index in [2.05, 4.69) is 20.0 Å². The molecule has 0 aliphatic rings. The van der Waals surface area contributed by atoms with Crippen LogP contribution in [0.15, 0.2) is 12.3 Å². The van der Waals surface area contributed by atoms with Gasteiger partial charge in [0.15, 0.2) is 11.3 Å². The van der Waals surface area contributed by atoms with Crippen LogP contribution in [0.1, 0.15) is 16.2 Å². The largest absolute Gasteiger partial charge is 0.464 e. The van der Waals surface area contributed by atoms with Gasteiger partial charge in [0.2, 0.25) is 0 Å². The average molecular weight is 192 g/mol. The van der Waals surface area contributed by atoms with Crippen molar-refractivity contribution in [2.24, 2.45) is 0 Å². The molecule has 6 nitrogen and oxygen atoms in total. The van der Waals surface area contributed by atoms with E-state index in [9.17, 15) is 4.79 Å². The molecule has 0 amide bonds. The SMILES string of the molecule is COC(=O)c1nnc2ccnn2c1C. The fourth-order valence-corrected chi connectivity index (χ4v) is 1.19. The molecule has 2 heterocycles. The molecule has 0 bridgehead atoms. The van der Waals surface area contributed by atoms with E-state index in [0.29, 0.717) is 11.3 Å². The van der Waals surface area contributed by atoms with E-state index in [1.54, 1.807) is 23.7 Å². The van der Waals surface area contributed by atoms with Gasteiger partial charge < -0.3 is 4.74 Å². The average Bonchev–Trinajstić information content (AvgIpc) is 2.66. The number of esters is 1. The van der Waals surface area contributed by atoms with Gasteiger partial charge in [-0.25, -0.2) is 9.31 Å². The van der Waals surface area contributed by atoms with Crippen LogP contribution < -0.4 is 0 Å². The fraction of sp³-hybridized carbons (Fsp3) is 0.250. The number of carbonyl (C=O) groups is 1. The summed E-state index contributed by atoms with van der Waals surface area (Å²) < 4.78 is 6.10. The highest BCUT2D eigenvalue weighted by atomic mass is 16.5. The Hall–Kier alpha value is -1.98. The monoisotopic (exact) mass is 192 g/mol. The number of hydrogen-bond donors (Lipinski definition) is 0. The third-order valence-electron chi connectivity index (χ3n) is 1.91. The van der Waals surface area contributed by atoms with Crippen LogP contribution >= 0.6 is 0 Å². The lowest BCUT2D eigenvalue weighted by atomic mass is 10.3. The molecule has 0 saturated heterocycles. The molecule has 0 aliphatic heterocycles. The third kappa shape index (κ3) is 1.12. The molecule has 0 aromatic carbocycles. The first-order valence-corrected chi connectivity index (χ1v) is 3.99. The van der Waals surface area contributed by atoms with Gasteiger partial charge in [-0.3, -0.25) is 0 Å². The van der Waals surface area contributed by atoms with E-state index < -0.39 is 5.97 Å². The van der Waals surface area contributed by atoms with E-state index in [4.69, 9.17) is 0 Å². The summed E-state index contributed by atoms with van der Waals surface area (Å²) in [6.45, 7) is 1.74. The predicted octanol–water partition coefficient (Wildman–Crippen LogP) is 0.219. The number of aryl methyl sites for hydroxylation is 1. The van der Waals surface area contributed by atoms with Crippen LogP contribution in [0.25, 0.3) is 5.65 Å². The van der Waals surface area contributed by atoms with E-state index >= 15 is 0 Å². The summed E-state index contributed by atoms with van der Waals surface area (Å²) in [6.07, 6.45) is 1.60. The zero-order valence-electron chi connectivity index (χ0n) is 7.76. The molecule has 2 rings (SSSR count). The van der Waals surface area contributed by atoms with E-state index in [0.717, 1.165) is 0 Å². The molecule has 0 unspecified atom stereocenters. The first kappa shape index (κ1) is 8.61. The Morgan fingerprint density at radius 3 is 3.00 bits per heavy atom. The zero-order chi connectivity index (χ0) is 10.1. The van der Waals surface area contributed by atoms with Crippen molar-refractivity contribution in [3.05, 3.63) is 23.7 Å². The second-order valence-corrected chi connectivity index (χ2v) is 2.73. The van der Waals surface area contributed by atoms with Gasteiger partial charge in [-0.2, -0.15) is 5.10 Å². The van der Waals surface area contributed by atoms with Crippen LogP contribution in [0.2, 0.25) is 0 Å². The van der Waals surface area contributed by atoms with Crippen LogP contribution in [0.3, 0.4) is 0 Å². The number of nitrogens with zero attached hydrogens (tertiary/aromatic N) is 4. The first-order valence-electron chi connectivity index (χ1n) is 3.99. The van der Waals surface area contributed by atoms with Gasteiger partial charge >= 0.3 is 5.97 Å². The smallest absolute Gasteiger partial charge is 0.360 e. The molecule has 2 aromatic rings. The van der Waals surface area contributed by atoms with Crippen molar-refractivity contribution in [3.63, 3.8) is 0 Å². The van der Waals surface area contributed by atoms with E-state index in [1.165, 1.54) is 7.11 Å². The molecule has 2 aromatic heterocycles. The van der Waals surface area contributed by atoms with Crippen molar-refractivity contribution in [2.75, 3.05) is 7.11 Å². The van der Waals surface area contributed by atoms with Crippen LogP contribution in [-0.4, -0.2) is 32.9 Å². The Labute approximate surface area is 79.5 Å². The molecule has 0 saturated carbocycles. The number of methoxy groups -OCH3 is 1. The zero-order valence-corrected chi connectivity index (χ0v) is 7.76. The Morgan fingerprint density at radius 2 is 2.29 bits per heavy atom. The topological polar surface area (TPSA) is 69.4 Å². The molecule has 0 radical (unpaired) electrons. The van der Waals surface area contributed by atoms with Crippen molar-refractivity contribution < 1.29 is 9.53 Å². The summed E-state index contributed by atoms with van der Waals surface area (Å²) in [4.78, 5) is 11.2. The summed E-state index contributed by atoms with van der Waals surface area (Å²) >= 11 is 0. The number of ether oxygens (including phenoxy) is 1. The maximum Gasteiger partial charge on any atom is 0.360 e. The Morgan fingerprint density at radius 1 is 1.50 bits per heavy atom. The van der Waals surface area contributed by atoms with Crippen molar-refractivity contribution in [2.45, 2.75) is 6.92 Å². The lowest BCUT2D eigenvalue weighted by Crippen LogP contribution is -2.12. The lowest BCUT2D eigenvalue weighted by molar-refractivity contribution is 0.0590. The first-order chi connectivity index (χ1) is 6.74. The summed E-state index contributed by atoms with van der Waals surface area (Å²) in [5.41, 5.74) is 1.41. The van der Waals surface area contributed by atoms with Crippen molar-refractivity contribution in [1.29, 1.82) is 0 Å². The molecule has 14 heavy (non-hydrogen) atoms. The Bertz CT molecular complexity index is 491. The van der Waals surface area contributed by atoms with Gasteiger partial charge in [-0.05, 0) is 6.92 Å². The van der Waals surface area contributed by atoms with Gasteiger partial charge in [0.1, 0.15) is 0 Å². The fourth-order valence-electron chi connectivity index (χ4n) is 1.19. The molecule has 6 heteroatoms. The minimum absolute atomic E-state index is 0.184. The minimum atomic E-state index is -0.507. The summed E-state index contributed by atoms with van der Waals surface area (Å²) in [5.74, 6) is -0.507. The maximum absolute atomic E-state index is 11.2. The lowest BCUT2D eigenvalue weighted by Gasteiger charge is -2.02. The van der Waals surface area contributed by atoms with Crippen LogP contribution in [0.5, 0.6) is 0 Å². The van der Waals surface area contributed by atoms with Crippen molar-refractivity contribution >= 4 is 11.6 Å². The number of aromatic nitrogens is 4. The molecule has 0 spiro atoms. The number of fused-ring (bicyclic) bond motifs is 1.